The van der Waals surface area contributed by atoms with Crippen molar-refractivity contribution >= 4 is 65.2 Å². The molecule has 1 saturated heterocycles. The molecule has 1 aromatic rings. The summed E-state index contributed by atoms with van der Waals surface area (Å²) in [5.41, 5.74) is 44.6. The largest absolute Gasteiger partial charge is 0.480 e. The number of H-pyrrole nitrogens is 1. The topological polar surface area (TPSA) is 514 Å². The van der Waals surface area contributed by atoms with Crippen LogP contribution in [0.5, 0.6) is 0 Å². The maximum Gasteiger partial charge on any atom is 0.326 e. The van der Waals surface area contributed by atoms with E-state index in [1.54, 1.807) is 0 Å². The predicted octanol–water partition coefficient (Wildman–Crippen LogP) is -7.41. The maximum absolute atomic E-state index is 14.2. The Morgan fingerprint density at radius 1 is 0.731 bits per heavy atom. The predicted molar refractivity (Wildman–Crippen MR) is 242 cm³/mol. The molecule has 0 spiro atoms. The lowest BCUT2D eigenvalue weighted by Gasteiger charge is -2.31. The van der Waals surface area contributed by atoms with Gasteiger partial charge in [0.15, 0.2) is 17.9 Å². The number of aromatic nitrogens is 2. The summed E-state index contributed by atoms with van der Waals surface area (Å²) in [6.45, 7) is 1.34. The number of primary amides is 1. The molecule has 8 unspecified atom stereocenters. The van der Waals surface area contributed by atoms with Crippen LogP contribution in [0, 0.1) is 0 Å². The Labute approximate surface area is 385 Å². The average molecular weight is 950 g/mol. The van der Waals surface area contributed by atoms with E-state index in [0.717, 1.165) is 4.90 Å². The van der Waals surface area contributed by atoms with Gasteiger partial charge >= 0.3 is 5.97 Å². The quantitative estimate of drug-likeness (QED) is 0.0193. The zero-order chi connectivity index (χ0) is 50.2. The summed E-state index contributed by atoms with van der Waals surface area (Å²) in [4.78, 5) is 125. The lowest BCUT2D eigenvalue weighted by atomic mass is 10.0. The number of carboxylic acids is 1. The first-order valence-electron chi connectivity index (χ1n) is 21.5. The van der Waals surface area contributed by atoms with E-state index >= 15 is 0 Å². The minimum absolute atomic E-state index is 0.000863. The van der Waals surface area contributed by atoms with Crippen LogP contribution >= 0.6 is 0 Å². The summed E-state index contributed by atoms with van der Waals surface area (Å²) in [6.07, 6.45) is 1.36. The van der Waals surface area contributed by atoms with Gasteiger partial charge in [-0.1, -0.05) is 0 Å². The number of rotatable bonds is 30. The molecule has 67 heavy (non-hydrogen) atoms. The van der Waals surface area contributed by atoms with Crippen LogP contribution in [0.25, 0.3) is 0 Å². The molecule has 1 aliphatic rings. The van der Waals surface area contributed by atoms with Crippen LogP contribution < -0.4 is 72.5 Å². The van der Waals surface area contributed by atoms with E-state index in [1.807, 2.05) is 0 Å². The second-order valence-electron chi connectivity index (χ2n) is 15.7. The highest BCUT2D eigenvalue weighted by molar-refractivity contribution is 5.97. The van der Waals surface area contributed by atoms with Gasteiger partial charge in [-0.05, 0) is 64.7 Å². The smallest absolute Gasteiger partial charge is 0.326 e. The Balaban J connectivity index is 2.41. The zero-order valence-electron chi connectivity index (χ0n) is 37.4. The van der Waals surface area contributed by atoms with E-state index in [4.69, 9.17) is 45.9 Å². The SMILES string of the molecule is CC(O)C(NC(=O)C(CCCN=C(N)N)NC(=O)C(CCCN=C(N)N)NC(=O)C(CCCN=C(N)N)NC(=O)C(N)Cc1cnc[nH]1)C(=O)N1CCCC1C(=O)NC(CCC(N)=O)C(=O)O. The second-order valence-corrected chi connectivity index (χ2v) is 15.7. The highest BCUT2D eigenvalue weighted by Gasteiger charge is 2.41. The Kier molecular flexibility index (Phi) is 23.8. The lowest BCUT2D eigenvalue weighted by molar-refractivity contribution is -0.146. The molecule has 0 saturated carbocycles. The van der Waals surface area contributed by atoms with E-state index in [0.29, 0.717) is 12.1 Å². The molecular formula is C38H67N19O10. The number of hydrogen-bond acceptors (Lipinski definition) is 14. The third-order valence-electron chi connectivity index (χ3n) is 10.2. The number of amides is 7. The molecule has 8 atom stereocenters. The molecule has 24 N–H and O–H groups in total. The zero-order valence-corrected chi connectivity index (χ0v) is 37.4. The number of imidazole rings is 1. The summed E-state index contributed by atoms with van der Waals surface area (Å²) in [7, 11) is 0. The van der Waals surface area contributed by atoms with E-state index in [-0.39, 0.29) is 108 Å². The maximum atomic E-state index is 14.2. The number of aromatic amines is 1. The number of aliphatic imine (C=N–C) groups is 3. The fraction of sp³-hybridized carbons (Fsp3) is 0.632. The van der Waals surface area contributed by atoms with Crippen LogP contribution in [0.1, 0.15) is 76.8 Å². The number of hydrogen-bond donors (Lipinski definition) is 16. The number of aliphatic carboxylic acids is 1. The van der Waals surface area contributed by atoms with Gasteiger partial charge in [0.1, 0.15) is 36.3 Å². The Morgan fingerprint density at radius 3 is 1.63 bits per heavy atom. The minimum atomic E-state index is -1.68. The number of likely N-dealkylation sites (tertiary alicyclic amines) is 1. The average Bonchev–Trinajstić information content (AvgIpc) is 3.96. The van der Waals surface area contributed by atoms with Crippen LogP contribution in [0.3, 0.4) is 0 Å². The molecule has 0 aliphatic carbocycles. The van der Waals surface area contributed by atoms with Gasteiger partial charge in [-0.3, -0.25) is 48.5 Å². The third-order valence-corrected chi connectivity index (χ3v) is 10.2. The van der Waals surface area contributed by atoms with E-state index in [9.17, 15) is 48.6 Å². The molecule has 2 heterocycles. The molecule has 2 rings (SSSR count). The van der Waals surface area contributed by atoms with Crippen molar-refractivity contribution < 1.29 is 48.6 Å². The van der Waals surface area contributed by atoms with Crippen molar-refractivity contribution in [3.63, 3.8) is 0 Å². The number of nitrogens with zero attached hydrogens (tertiary/aromatic N) is 5. The third kappa shape index (κ3) is 20.6. The molecule has 29 heteroatoms. The fourth-order valence-corrected chi connectivity index (χ4v) is 6.80. The number of carboxylic acid groups (broad SMARTS) is 1. The Morgan fingerprint density at radius 2 is 1.21 bits per heavy atom. The number of aliphatic hydroxyl groups excluding tert-OH is 1. The van der Waals surface area contributed by atoms with Gasteiger partial charge in [0.2, 0.25) is 41.4 Å². The summed E-state index contributed by atoms with van der Waals surface area (Å²) in [6, 6.07) is -9.59. The van der Waals surface area contributed by atoms with Gasteiger partial charge in [0.05, 0.1) is 18.5 Å². The molecule has 7 amide bonds. The van der Waals surface area contributed by atoms with E-state index in [2.05, 4.69) is 51.5 Å². The van der Waals surface area contributed by atoms with Crippen LogP contribution in [-0.4, -0.2) is 165 Å². The summed E-state index contributed by atoms with van der Waals surface area (Å²) < 4.78 is 0. The molecule has 0 aromatic carbocycles. The molecule has 29 nitrogen and oxygen atoms in total. The van der Waals surface area contributed by atoms with Crippen molar-refractivity contribution in [2.45, 2.75) is 126 Å². The van der Waals surface area contributed by atoms with Crippen molar-refractivity contribution in [1.29, 1.82) is 0 Å². The Hall–Kier alpha value is -7.30. The summed E-state index contributed by atoms with van der Waals surface area (Å²) >= 11 is 0. The van der Waals surface area contributed by atoms with Crippen molar-refractivity contribution in [2.24, 2.45) is 60.8 Å². The molecule has 374 valence electrons. The van der Waals surface area contributed by atoms with Gasteiger partial charge in [-0.25, -0.2) is 9.78 Å². The minimum Gasteiger partial charge on any atom is -0.480 e. The van der Waals surface area contributed by atoms with Gasteiger partial charge in [0.25, 0.3) is 0 Å². The van der Waals surface area contributed by atoms with Crippen LogP contribution in [0.2, 0.25) is 0 Å². The normalized spacial score (nSPS) is 16.3. The number of carbonyl (C=O) groups excluding carboxylic acids is 7. The van der Waals surface area contributed by atoms with E-state index < -0.39 is 95.7 Å². The molecule has 1 aliphatic heterocycles. The molecule has 0 radical (unpaired) electrons. The number of nitrogens with two attached hydrogens (primary N) is 8. The summed E-state index contributed by atoms with van der Waals surface area (Å²) in [5.74, 6) is -7.99. The first kappa shape index (κ1) is 55.8. The fourth-order valence-electron chi connectivity index (χ4n) is 6.80. The lowest BCUT2D eigenvalue weighted by Crippen LogP contribution is -2.61. The number of nitrogens with one attached hydrogen (secondary N) is 6. The molecule has 1 fully saturated rings. The standard InChI is InChI=1S/C38H67N19O10/c1-19(58)28(34(65)57-15-5-9-26(57)33(64)55-25(35(66)67)10-11-27(40)59)56-32(63)24(8-4-14-50-38(45)46)54-31(62)23(7-3-13-49-37(43)44)53-30(61)22(6-2-12-48-36(41)42)52-29(60)21(39)16-20-17-47-18-51-20/h17-19,21-26,28,58H,2-16,39H2,1H3,(H2,40,59)(H,47,51)(H,52,60)(H,53,61)(H,54,62)(H,55,64)(H,56,63)(H,66,67)(H4,41,42,48)(H4,43,44,49)(H4,45,46,50). The molecule has 0 bridgehead atoms. The Bertz CT molecular complexity index is 1920. The van der Waals surface area contributed by atoms with Crippen molar-refractivity contribution in [3.05, 3.63) is 18.2 Å². The number of carbonyl (C=O) groups is 8. The molecular weight excluding hydrogens is 883 g/mol. The van der Waals surface area contributed by atoms with Gasteiger partial charge in [-0.2, -0.15) is 0 Å². The highest BCUT2D eigenvalue weighted by Crippen LogP contribution is 2.20. The van der Waals surface area contributed by atoms with Gasteiger partial charge < -0.3 is 92.6 Å². The first-order chi connectivity index (χ1) is 31.6. The molecule has 1 aromatic heterocycles. The monoisotopic (exact) mass is 950 g/mol. The summed E-state index contributed by atoms with van der Waals surface area (Å²) in [5, 5.41) is 33.0. The number of guanidine groups is 3. The first-order valence-corrected chi connectivity index (χ1v) is 21.5. The van der Waals surface area contributed by atoms with Crippen LogP contribution in [-0.2, 0) is 44.8 Å². The van der Waals surface area contributed by atoms with Crippen molar-refractivity contribution in [1.82, 2.24) is 41.5 Å². The van der Waals surface area contributed by atoms with E-state index in [1.165, 1.54) is 19.4 Å². The van der Waals surface area contributed by atoms with Crippen molar-refractivity contribution in [2.75, 3.05) is 26.2 Å². The van der Waals surface area contributed by atoms with Gasteiger partial charge in [-0.15, -0.1) is 0 Å². The highest BCUT2D eigenvalue weighted by atomic mass is 16.4. The second kappa shape index (κ2) is 28.6. The van der Waals surface area contributed by atoms with Gasteiger partial charge in [0, 0.05) is 50.9 Å². The number of aliphatic hydroxyl groups is 1. The van der Waals surface area contributed by atoms with Crippen molar-refractivity contribution in [3.8, 4) is 0 Å². The van der Waals surface area contributed by atoms with Crippen LogP contribution in [0.15, 0.2) is 27.5 Å². The van der Waals surface area contributed by atoms with Crippen LogP contribution in [0.4, 0.5) is 0 Å².